The Labute approximate surface area is 151 Å². The summed E-state index contributed by atoms with van der Waals surface area (Å²) in [5.41, 5.74) is 0.356. The minimum absolute atomic E-state index is 0.00785. The van der Waals surface area contributed by atoms with Gasteiger partial charge in [0.25, 0.3) is 0 Å². The fourth-order valence-electron chi connectivity index (χ4n) is 3.08. The second-order valence-electron chi connectivity index (χ2n) is 6.48. The third-order valence-corrected chi connectivity index (χ3v) is 4.93. The number of hydrogen-bond acceptors (Lipinski definition) is 4. The van der Waals surface area contributed by atoms with E-state index in [1.165, 1.54) is 6.07 Å². The maximum Gasteiger partial charge on any atom is 0.220 e. The first kappa shape index (κ1) is 17.7. The lowest BCUT2D eigenvalue weighted by atomic mass is 10.0. The van der Waals surface area contributed by atoms with Gasteiger partial charge in [0.15, 0.2) is 5.66 Å². The third kappa shape index (κ3) is 4.49. The number of nitrogens with zero attached hydrogens (tertiary/aromatic N) is 3. The van der Waals surface area contributed by atoms with E-state index in [4.69, 9.17) is 18.0 Å². The summed E-state index contributed by atoms with van der Waals surface area (Å²) < 4.78 is 13.6. The van der Waals surface area contributed by atoms with Gasteiger partial charge in [0.1, 0.15) is 5.82 Å². The molecule has 2 aliphatic rings. The molecule has 25 heavy (non-hydrogen) atoms. The molecule has 0 radical (unpaired) electrons. The molecule has 7 heteroatoms. The van der Waals surface area contributed by atoms with Gasteiger partial charge in [-0.2, -0.15) is 10.2 Å². The lowest BCUT2D eigenvalue weighted by Gasteiger charge is -2.19. The number of hydrogen-bond donors (Lipinski definition) is 1. The van der Waals surface area contributed by atoms with Gasteiger partial charge in [-0.25, -0.2) is 4.39 Å². The predicted octanol–water partition coefficient (Wildman–Crippen LogP) is 3.53. The Bertz CT molecular complexity index is 724. The first-order valence-electron chi connectivity index (χ1n) is 8.38. The molecular formula is C18H20ClFN4O. The van der Waals surface area contributed by atoms with Crippen LogP contribution in [0.1, 0.15) is 32.1 Å². The van der Waals surface area contributed by atoms with Gasteiger partial charge in [-0.3, -0.25) is 4.79 Å². The Hall–Kier alpha value is -2.13. The molecule has 0 aliphatic carbocycles. The van der Waals surface area contributed by atoms with Crippen molar-refractivity contribution in [3.05, 3.63) is 29.0 Å². The number of halogens is 2. The molecule has 1 atom stereocenters. The Morgan fingerprint density at radius 3 is 2.96 bits per heavy atom. The summed E-state index contributed by atoms with van der Waals surface area (Å²) in [5.74, 6) is 2.14. The van der Waals surface area contributed by atoms with Crippen molar-refractivity contribution in [2.24, 2.45) is 10.2 Å². The molecule has 1 aromatic rings. The minimum atomic E-state index is -0.430. The molecular weight excluding hydrogens is 343 g/mol. The molecule has 0 saturated carbocycles. The average Bonchev–Trinajstić information content (AvgIpc) is 3.23. The predicted molar refractivity (Wildman–Crippen MR) is 95.1 cm³/mol. The highest BCUT2D eigenvalue weighted by Gasteiger charge is 2.39. The zero-order valence-electron chi connectivity index (χ0n) is 13.8. The van der Waals surface area contributed by atoms with E-state index < -0.39 is 11.5 Å². The van der Waals surface area contributed by atoms with E-state index in [2.05, 4.69) is 21.5 Å². The molecule has 1 fully saturated rings. The number of terminal acetylenes is 1. The Kier molecular flexibility index (Phi) is 5.24. The van der Waals surface area contributed by atoms with E-state index in [-0.39, 0.29) is 17.0 Å². The smallest absolute Gasteiger partial charge is 0.220 e. The highest BCUT2D eigenvalue weighted by Crippen LogP contribution is 2.37. The van der Waals surface area contributed by atoms with E-state index in [1.54, 1.807) is 12.1 Å². The van der Waals surface area contributed by atoms with Crippen LogP contribution in [-0.2, 0) is 4.79 Å². The molecule has 1 unspecified atom stereocenters. The van der Waals surface area contributed by atoms with E-state index in [9.17, 15) is 9.18 Å². The second kappa shape index (κ2) is 7.40. The summed E-state index contributed by atoms with van der Waals surface area (Å²) in [7, 11) is 0. The SMILES string of the molecule is C#CCCC1(CCC(=O)NC2CCN(c3ccc(Cl)c(F)c3)C2)N=N1. The number of benzene rings is 1. The van der Waals surface area contributed by atoms with Gasteiger partial charge < -0.3 is 10.2 Å². The van der Waals surface area contributed by atoms with Gasteiger partial charge in [0.2, 0.25) is 5.91 Å². The van der Waals surface area contributed by atoms with Crippen LogP contribution < -0.4 is 10.2 Å². The maximum atomic E-state index is 13.6. The first-order valence-corrected chi connectivity index (χ1v) is 8.76. The summed E-state index contributed by atoms with van der Waals surface area (Å²) in [6, 6.07) is 4.83. The molecule has 0 spiro atoms. The van der Waals surface area contributed by atoms with Crippen LogP contribution in [0.25, 0.3) is 0 Å². The Morgan fingerprint density at radius 2 is 2.28 bits per heavy atom. The molecule has 0 bridgehead atoms. The van der Waals surface area contributed by atoms with Gasteiger partial charge in [-0.15, -0.1) is 12.3 Å². The Balaban J connectivity index is 1.44. The largest absolute Gasteiger partial charge is 0.369 e. The molecule has 2 aliphatic heterocycles. The summed E-state index contributed by atoms with van der Waals surface area (Å²) in [6.07, 6.45) is 8.38. The van der Waals surface area contributed by atoms with E-state index in [1.807, 2.05) is 4.90 Å². The molecule has 2 heterocycles. The minimum Gasteiger partial charge on any atom is -0.369 e. The maximum absolute atomic E-state index is 13.6. The number of amides is 1. The van der Waals surface area contributed by atoms with Crippen LogP contribution in [0.15, 0.2) is 28.4 Å². The molecule has 132 valence electrons. The van der Waals surface area contributed by atoms with E-state index in [0.29, 0.717) is 32.2 Å². The van der Waals surface area contributed by atoms with Gasteiger partial charge in [-0.1, -0.05) is 11.6 Å². The standard InChI is InChI=1S/C18H20ClFN4O/c1-2-3-8-18(22-23-18)9-6-17(25)21-13-7-10-24(12-13)14-4-5-15(19)16(20)11-14/h1,4-5,11,13H,3,6-10,12H2,(H,21,25). The highest BCUT2D eigenvalue weighted by molar-refractivity contribution is 6.30. The topological polar surface area (TPSA) is 57.1 Å². The molecule has 1 saturated heterocycles. The molecule has 1 N–H and O–H groups in total. The quantitative estimate of drug-likeness (QED) is 0.754. The number of carbonyl (C=O) groups is 1. The monoisotopic (exact) mass is 362 g/mol. The lowest BCUT2D eigenvalue weighted by molar-refractivity contribution is -0.121. The number of anilines is 1. The van der Waals surface area contributed by atoms with Crippen LogP contribution in [0.2, 0.25) is 5.02 Å². The van der Waals surface area contributed by atoms with E-state index in [0.717, 1.165) is 18.7 Å². The Morgan fingerprint density at radius 1 is 1.48 bits per heavy atom. The summed E-state index contributed by atoms with van der Waals surface area (Å²) in [5, 5.41) is 11.2. The third-order valence-electron chi connectivity index (χ3n) is 4.63. The molecule has 1 aromatic carbocycles. The van der Waals surface area contributed by atoms with Crippen LogP contribution in [-0.4, -0.2) is 30.7 Å². The van der Waals surface area contributed by atoms with Crippen LogP contribution in [0, 0.1) is 18.2 Å². The van der Waals surface area contributed by atoms with Crippen LogP contribution in [0.3, 0.4) is 0 Å². The molecule has 3 rings (SSSR count). The average molecular weight is 363 g/mol. The van der Waals surface area contributed by atoms with Gasteiger partial charge in [-0.05, 0) is 24.6 Å². The van der Waals surface area contributed by atoms with Crippen molar-refractivity contribution in [3.8, 4) is 12.3 Å². The molecule has 5 nitrogen and oxygen atoms in total. The van der Waals surface area contributed by atoms with E-state index >= 15 is 0 Å². The first-order chi connectivity index (χ1) is 12.0. The summed E-state index contributed by atoms with van der Waals surface area (Å²) >= 11 is 5.72. The van der Waals surface area contributed by atoms with Crippen molar-refractivity contribution in [1.29, 1.82) is 0 Å². The molecule has 1 amide bonds. The van der Waals surface area contributed by atoms with Crippen molar-refractivity contribution >= 4 is 23.2 Å². The summed E-state index contributed by atoms with van der Waals surface area (Å²) in [4.78, 5) is 14.2. The number of rotatable bonds is 7. The normalized spacial score (nSPS) is 20.4. The van der Waals surface area contributed by atoms with Gasteiger partial charge >= 0.3 is 0 Å². The summed E-state index contributed by atoms with van der Waals surface area (Å²) in [6.45, 7) is 1.42. The number of carbonyl (C=O) groups excluding carboxylic acids is 1. The second-order valence-corrected chi connectivity index (χ2v) is 6.89. The highest BCUT2D eigenvalue weighted by atomic mass is 35.5. The van der Waals surface area contributed by atoms with Gasteiger partial charge in [0.05, 0.1) is 5.02 Å². The van der Waals surface area contributed by atoms with Crippen LogP contribution in [0.5, 0.6) is 0 Å². The van der Waals surface area contributed by atoms with Crippen molar-refractivity contribution in [2.75, 3.05) is 18.0 Å². The van der Waals surface area contributed by atoms with Crippen molar-refractivity contribution in [2.45, 2.75) is 43.8 Å². The van der Waals surface area contributed by atoms with Crippen molar-refractivity contribution < 1.29 is 9.18 Å². The van der Waals surface area contributed by atoms with Crippen LogP contribution >= 0.6 is 11.6 Å². The van der Waals surface area contributed by atoms with Crippen molar-refractivity contribution in [1.82, 2.24) is 5.32 Å². The van der Waals surface area contributed by atoms with Gasteiger partial charge in [0, 0.05) is 50.5 Å². The zero-order chi connectivity index (χ0) is 17.9. The fraction of sp³-hybridized carbons (Fsp3) is 0.500. The number of nitrogens with one attached hydrogen (secondary N) is 1. The fourth-order valence-corrected chi connectivity index (χ4v) is 3.19. The van der Waals surface area contributed by atoms with Crippen LogP contribution in [0.4, 0.5) is 10.1 Å². The molecule has 0 aromatic heterocycles. The lowest BCUT2D eigenvalue weighted by Crippen LogP contribution is -2.37. The van der Waals surface area contributed by atoms with Crippen molar-refractivity contribution in [3.63, 3.8) is 0 Å². The zero-order valence-corrected chi connectivity index (χ0v) is 14.6.